The lowest BCUT2D eigenvalue weighted by molar-refractivity contribution is 1.21. The maximum absolute atomic E-state index is 5.88. The number of nitrogens with one attached hydrogen (secondary N) is 1. The van der Waals surface area contributed by atoms with Crippen LogP contribution in [0, 0.1) is 6.92 Å². The van der Waals surface area contributed by atoms with Crippen molar-refractivity contribution >= 4 is 23.0 Å². The molecule has 0 aliphatic carbocycles. The maximum Gasteiger partial charge on any atom is 0.0577 e. The second-order valence-electron chi connectivity index (χ2n) is 2.72. The largest absolute Gasteiger partial charge is 0.397 e. The second-order valence-corrected chi connectivity index (χ2v) is 3.13. The molecule has 0 bridgehead atoms. The molecule has 3 N–H and O–H groups in total. The van der Waals surface area contributed by atoms with Crippen LogP contribution in [0.25, 0.3) is 0 Å². The van der Waals surface area contributed by atoms with Crippen LogP contribution in [0.3, 0.4) is 0 Å². The summed E-state index contributed by atoms with van der Waals surface area (Å²) in [5.41, 5.74) is 8.43. The van der Waals surface area contributed by atoms with E-state index in [-0.39, 0.29) is 0 Å². The molecule has 0 aliphatic heterocycles. The highest BCUT2D eigenvalue weighted by molar-refractivity contribution is 6.31. The van der Waals surface area contributed by atoms with Crippen LogP contribution in [0.5, 0.6) is 0 Å². The SMILES string of the molecule is CCNc1cc(C)c(Cl)cc1N. The molecule has 0 saturated carbocycles. The van der Waals surface area contributed by atoms with Crippen LogP contribution < -0.4 is 11.1 Å². The molecule has 1 aromatic carbocycles. The van der Waals surface area contributed by atoms with E-state index in [1.807, 2.05) is 19.9 Å². The number of nitrogen functional groups attached to an aromatic ring is 1. The van der Waals surface area contributed by atoms with Crippen molar-refractivity contribution in [2.24, 2.45) is 0 Å². The minimum Gasteiger partial charge on any atom is -0.397 e. The van der Waals surface area contributed by atoms with E-state index in [9.17, 15) is 0 Å². The smallest absolute Gasteiger partial charge is 0.0577 e. The van der Waals surface area contributed by atoms with Crippen LogP contribution in [0.4, 0.5) is 11.4 Å². The highest BCUT2D eigenvalue weighted by Crippen LogP contribution is 2.26. The third-order valence-corrected chi connectivity index (χ3v) is 2.11. The molecule has 0 unspecified atom stereocenters. The molecule has 0 heterocycles. The number of benzene rings is 1. The zero-order valence-corrected chi connectivity index (χ0v) is 8.07. The lowest BCUT2D eigenvalue weighted by Gasteiger charge is -2.08. The third kappa shape index (κ3) is 1.83. The van der Waals surface area contributed by atoms with Gasteiger partial charge in [0.2, 0.25) is 0 Å². The molecule has 0 amide bonds. The van der Waals surface area contributed by atoms with Gasteiger partial charge in [-0.3, -0.25) is 0 Å². The second kappa shape index (κ2) is 3.68. The summed E-state index contributed by atoms with van der Waals surface area (Å²) in [5.74, 6) is 0. The molecule has 0 aromatic heterocycles. The molecule has 0 saturated heterocycles. The summed E-state index contributed by atoms with van der Waals surface area (Å²) in [6.45, 7) is 4.86. The number of aryl methyl sites for hydroxylation is 1. The topological polar surface area (TPSA) is 38.0 Å². The molecule has 1 aromatic rings. The normalized spacial score (nSPS) is 9.92. The minimum absolute atomic E-state index is 0.701. The van der Waals surface area contributed by atoms with E-state index >= 15 is 0 Å². The average Bonchev–Trinajstić information content (AvgIpc) is 2.01. The fraction of sp³-hybridized carbons (Fsp3) is 0.333. The third-order valence-electron chi connectivity index (χ3n) is 1.70. The Kier molecular flexibility index (Phi) is 2.82. The molecule has 0 fully saturated rings. The number of anilines is 2. The highest BCUT2D eigenvalue weighted by atomic mass is 35.5. The van der Waals surface area contributed by atoms with Gasteiger partial charge in [-0.2, -0.15) is 0 Å². The zero-order chi connectivity index (χ0) is 9.14. The molecule has 0 spiro atoms. The first-order valence-corrected chi connectivity index (χ1v) is 4.32. The number of halogens is 1. The molecule has 66 valence electrons. The van der Waals surface area contributed by atoms with Gasteiger partial charge >= 0.3 is 0 Å². The van der Waals surface area contributed by atoms with Gasteiger partial charge in [0.05, 0.1) is 11.4 Å². The van der Waals surface area contributed by atoms with Gasteiger partial charge in [-0.05, 0) is 31.5 Å². The van der Waals surface area contributed by atoms with E-state index in [0.29, 0.717) is 10.7 Å². The first kappa shape index (κ1) is 9.20. The van der Waals surface area contributed by atoms with E-state index < -0.39 is 0 Å². The molecule has 1 rings (SSSR count). The fourth-order valence-corrected chi connectivity index (χ4v) is 1.21. The summed E-state index contributed by atoms with van der Waals surface area (Å²) >= 11 is 5.88. The first-order valence-electron chi connectivity index (χ1n) is 3.94. The van der Waals surface area contributed by atoms with E-state index in [2.05, 4.69) is 5.32 Å². The summed E-state index contributed by atoms with van der Waals surface area (Å²) in [4.78, 5) is 0. The lowest BCUT2D eigenvalue weighted by atomic mass is 10.2. The minimum atomic E-state index is 0.701. The molecule has 2 nitrogen and oxygen atoms in total. The number of hydrogen-bond acceptors (Lipinski definition) is 2. The average molecular weight is 185 g/mol. The molecule has 0 radical (unpaired) electrons. The Hall–Kier alpha value is -0.890. The predicted octanol–water partition coefficient (Wildman–Crippen LogP) is 2.66. The van der Waals surface area contributed by atoms with Crippen molar-refractivity contribution in [1.29, 1.82) is 0 Å². The van der Waals surface area contributed by atoms with Crippen LogP contribution in [0.2, 0.25) is 5.02 Å². The van der Waals surface area contributed by atoms with Gasteiger partial charge in [-0.25, -0.2) is 0 Å². The lowest BCUT2D eigenvalue weighted by Crippen LogP contribution is -2.01. The van der Waals surface area contributed by atoms with Crippen molar-refractivity contribution in [3.63, 3.8) is 0 Å². The molecule has 0 atom stereocenters. The monoisotopic (exact) mass is 184 g/mol. The van der Waals surface area contributed by atoms with Gasteiger partial charge in [-0.15, -0.1) is 0 Å². The Balaban J connectivity index is 3.05. The van der Waals surface area contributed by atoms with E-state index in [1.54, 1.807) is 6.07 Å². The van der Waals surface area contributed by atoms with Gasteiger partial charge < -0.3 is 11.1 Å². The van der Waals surface area contributed by atoms with Crippen molar-refractivity contribution in [2.45, 2.75) is 13.8 Å². The summed E-state index contributed by atoms with van der Waals surface area (Å²) in [6, 6.07) is 3.73. The van der Waals surface area contributed by atoms with Crippen molar-refractivity contribution in [2.75, 3.05) is 17.6 Å². The standard InChI is InChI=1S/C9H13ClN2/c1-3-12-9-4-6(2)7(10)5-8(9)11/h4-5,12H,3,11H2,1-2H3. The molecular weight excluding hydrogens is 172 g/mol. The van der Waals surface area contributed by atoms with Crippen LogP contribution in [0.1, 0.15) is 12.5 Å². The van der Waals surface area contributed by atoms with Crippen LogP contribution in [0.15, 0.2) is 12.1 Å². The summed E-state index contributed by atoms with van der Waals surface area (Å²) in [5, 5.41) is 3.88. The Bertz CT molecular complexity index is 284. The number of nitrogens with two attached hydrogens (primary N) is 1. The van der Waals surface area contributed by atoms with Gasteiger partial charge in [0.15, 0.2) is 0 Å². The van der Waals surface area contributed by atoms with Crippen molar-refractivity contribution in [3.8, 4) is 0 Å². The maximum atomic E-state index is 5.88. The van der Waals surface area contributed by atoms with Crippen LogP contribution in [-0.2, 0) is 0 Å². The Morgan fingerprint density at radius 1 is 1.50 bits per heavy atom. The van der Waals surface area contributed by atoms with Gasteiger partial charge in [0.1, 0.15) is 0 Å². The van der Waals surface area contributed by atoms with E-state index in [1.165, 1.54) is 0 Å². The molecule has 0 aliphatic rings. The first-order chi connectivity index (χ1) is 5.65. The quantitative estimate of drug-likeness (QED) is 0.694. The van der Waals surface area contributed by atoms with E-state index in [0.717, 1.165) is 17.8 Å². The van der Waals surface area contributed by atoms with Gasteiger partial charge in [-0.1, -0.05) is 11.6 Å². The molecular formula is C9H13ClN2. The van der Waals surface area contributed by atoms with Crippen molar-refractivity contribution in [1.82, 2.24) is 0 Å². The Morgan fingerprint density at radius 2 is 2.17 bits per heavy atom. The summed E-state index contributed by atoms with van der Waals surface area (Å²) in [6.07, 6.45) is 0. The van der Waals surface area contributed by atoms with E-state index in [4.69, 9.17) is 17.3 Å². The Labute approximate surface area is 77.7 Å². The fourth-order valence-electron chi connectivity index (χ4n) is 1.04. The van der Waals surface area contributed by atoms with Crippen LogP contribution >= 0.6 is 11.6 Å². The molecule has 12 heavy (non-hydrogen) atoms. The van der Waals surface area contributed by atoms with Crippen molar-refractivity contribution in [3.05, 3.63) is 22.7 Å². The van der Waals surface area contributed by atoms with Gasteiger partial charge in [0, 0.05) is 11.6 Å². The van der Waals surface area contributed by atoms with Crippen molar-refractivity contribution < 1.29 is 0 Å². The van der Waals surface area contributed by atoms with Gasteiger partial charge in [0.25, 0.3) is 0 Å². The van der Waals surface area contributed by atoms with Crippen LogP contribution in [-0.4, -0.2) is 6.54 Å². The predicted molar refractivity (Wildman–Crippen MR) is 54.8 cm³/mol. The number of rotatable bonds is 2. The zero-order valence-electron chi connectivity index (χ0n) is 7.32. The summed E-state index contributed by atoms with van der Waals surface area (Å²) < 4.78 is 0. The summed E-state index contributed by atoms with van der Waals surface area (Å²) in [7, 11) is 0. The highest BCUT2D eigenvalue weighted by Gasteiger charge is 2.01. The molecule has 3 heteroatoms. The Morgan fingerprint density at radius 3 is 2.75 bits per heavy atom. The number of hydrogen-bond donors (Lipinski definition) is 2.